The van der Waals surface area contributed by atoms with Gasteiger partial charge in [-0.3, -0.25) is 9.78 Å². The summed E-state index contributed by atoms with van der Waals surface area (Å²) in [5, 5.41) is 0.585. The summed E-state index contributed by atoms with van der Waals surface area (Å²) in [6, 6.07) is 3.25. The fourth-order valence-corrected chi connectivity index (χ4v) is 1.88. The molecule has 0 radical (unpaired) electrons. The largest absolute Gasteiger partial charge is 0.326 e. The summed E-state index contributed by atoms with van der Waals surface area (Å²) >= 11 is 9.04. The average molecular weight is 275 g/mol. The Kier molecular flexibility index (Phi) is 2.20. The number of hydrogen-bond acceptors (Lipinski definition) is 2. The van der Waals surface area contributed by atoms with Crippen LogP contribution in [-0.2, 0) is 0 Å². The summed E-state index contributed by atoms with van der Waals surface area (Å²) in [5.74, 6) is 0. The zero-order valence-electron chi connectivity index (χ0n) is 6.73. The van der Waals surface area contributed by atoms with Crippen LogP contribution in [0.5, 0.6) is 0 Å². The predicted molar refractivity (Wildman–Crippen MR) is 57.9 cm³/mol. The van der Waals surface area contributed by atoms with E-state index in [1.54, 1.807) is 12.1 Å². The van der Waals surface area contributed by atoms with Crippen LogP contribution in [0.2, 0.25) is 5.02 Å². The molecule has 0 fully saturated rings. The lowest BCUT2D eigenvalue weighted by Crippen LogP contribution is -2.22. The molecule has 0 saturated carbocycles. The lowest BCUT2D eigenvalue weighted by molar-refractivity contribution is 1.08. The van der Waals surface area contributed by atoms with E-state index in [4.69, 9.17) is 11.6 Å². The number of nitrogens with one attached hydrogen (secondary N) is 2. The Bertz CT molecular complexity index is 617. The Morgan fingerprint density at radius 1 is 1.21 bits per heavy atom. The van der Waals surface area contributed by atoms with Crippen LogP contribution in [0.3, 0.4) is 0 Å². The van der Waals surface area contributed by atoms with E-state index in [0.717, 1.165) is 0 Å². The van der Waals surface area contributed by atoms with Crippen LogP contribution in [-0.4, -0.2) is 9.97 Å². The van der Waals surface area contributed by atoms with E-state index >= 15 is 0 Å². The van der Waals surface area contributed by atoms with Gasteiger partial charge in [-0.15, -0.1) is 0 Å². The fourth-order valence-electron chi connectivity index (χ4n) is 1.21. The number of benzene rings is 1. The zero-order chi connectivity index (χ0) is 10.3. The number of aromatic nitrogens is 2. The minimum atomic E-state index is -0.550. The highest BCUT2D eigenvalue weighted by Gasteiger charge is 2.07. The molecule has 0 unspecified atom stereocenters. The molecule has 0 spiro atoms. The number of fused-ring (bicyclic) bond motifs is 1. The van der Waals surface area contributed by atoms with Gasteiger partial charge in [0.2, 0.25) is 0 Å². The van der Waals surface area contributed by atoms with E-state index in [1.165, 1.54) is 0 Å². The number of rotatable bonds is 0. The van der Waals surface area contributed by atoms with Gasteiger partial charge in [-0.25, -0.2) is 4.79 Å². The first kappa shape index (κ1) is 9.48. The maximum absolute atomic E-state index is 11.4. The molecule has 0 bridgehead atoms. The normalized spacial score (nSPS) is 10.7. The Morgan fingerprint density at radius 3 is 2.64 bits per heavy atom. The molecule has 1 heterocycles. The Labute approximate surface area is 91.0 Å². The smallest absolute Gasteiger partial charge is 0.306 e. The zero-order valence-corrected chi connectivity index (χ0v) is 9.07. The molecular formula is C8H4BrClN2O2. The highest BCUT2D eigenvalue weighted by Crippen LogP contribution is 2.24. The molecule has 0 aliphatic rings. The standard InChI is InChI=1S/C8H4BrClN2O2/c9-3-1-2-4(10)5-6(3)11-8(14)12-7(5)13/h1-2H,(H2,11,12,13,14). The van der Waals surface area contributed by atoms with Crippen molar-refractivity contribution in [1.29, 1.82) is 0 Å². The van der Waals surface area contributed by atoms with Crippen LogP contribution in [0.1, 0.15) is 0 Å². The van der Waals surface area contributed by atoms with Gasteiger partial charge in [0.15, 0.2) is 0 Å². The molecule has 2 rings (SSSR count). The lowest BCUT2D eigenvalue weighted by Gasteiger charge is -2.00. The van der Waals surface area contributed by atoms with Crippen molar-refractivity contribution in [1.82, 2.24) is 9.97 Å². The van der Waals surface area contributed by atoms with Crippen LogP contribution in [0, 0.1) is 0 Å². The van der Waals surface area contributed by atoms with E-state index in [-0.39, 0.29) is 5.39 Å². The van der Waals surface area contributed by atoms with Crippen LogP contribution < -0.4 is 11.2 Å². The molecule has 0 saturated heterocycles. The summed E-state index contributed by atoms with van der Waals surface area (Å²) < 4.78 is 0.625. The maximum Gasteiger partial charge on any atom is 0.326 e. The van der Waals surface area contributed by atoms with Gasteiger partial charge >= 0.3 is 5.69 Å². The number of halogens is 2. The summed E-state index contributed by atoms with van der Waals surface area (Å²) in [4.78, 5) is 27.0. The van der Waals surface area contributed by atoms with Crippen molar-refractivity contribution >= 4 is 38.4 Å². The van der Waals surface area contributed by atoms with E-state index < -0.39 is 11.2 Å². The van der Waals surface area contributed by atoms with Gasteiger partial charge in [0, 0.05) is 4.47 Å². The van der Waals surface area contributed by atoms with Crippen LogP contribution >= 0.6 is 27.5 Å². The van der Waals surface area contributed by atoms with Gasteiger partial charge in [-0.05, 0) is 28.1 Å². The quantitative estimate of drug-likeness (QED) is 0.767. The molecular weight excluding hydrogens is 271 g/mol. The Morgan fingerprint density at radius 2 is 1.93 bits per heavy atom. The summed E-state index contributed by atoms with van der Waals surface area (Å²) in [6.45, 7) is 0. The fraction of sp³-hybridized carbons (Fsp3) is 0. The van der Waals surface area contributed by atoms with Gasteiger partial charge in [0.25, 0.3) is 5.56 Å². The van der Waals surface area contributed by atoms with Crippen molar-refractivity contribution in [3.05, 3.63) is 42.5 Å². The van der Waals surface area contributed by atoms with Crippen LogP contribution in [0.25, 0.3) is 10.9 Å². The molecule has 0 aliphatic carbocycles. The van der Waals surface area contributed by atoms with Gasteiger partial charge in [-0.2, -0.15) is 0 Å². The van der Waals surface area contributed by atoms with Crippen molar-refractivity contribution in [3.8, 4) is 0 Å². The Balaban J connectivity index is 3.16. The third-order valence-corrected chi connectivity index (χ3v) is 2.77. The van der Waals surface area contributed by atoms with E-state index in [2.05, 4.69) is 25.9 Å². The maximum atomic E-state index is 11.4. The third-order valence-electron chi connectivity index (χ3n) is 1.80. The average Bonchev–Trinajstić information content (AvgIpc) is 2.10. The van der Waals surface area contributed by atoms with Crippen molar-refractivity contribution < 1.29 is 0 Å². The molecule has 72 valence electrons. The molecule has 4 nitrogen and oxygen atoms in total. The monoisotopic (exact) mass is 274 g/mol. The molecule has 6 heteroatoms. The number of H-pyrrole nitrogens is 2. The van der Waals surface area contributed by atoms with Crippen LogP contribution in [0.4, 0.5) is 0 Å². The molecule has 14 heavy (non-hydrogen) atoms. The third kappa shape index (κ3) is 1.38. The summed E-state index contributed by atoms with van der Waals surface area (Å²) in [5.41, 5.74) is -0.633. The van der Waals surface area contributed by atoms with E-state index in [0.29, 0.717) is 15.0 Å². The number of aromatic amines is 2. The summed E-state index contributed by atoms with van der Waals surface area (Å²) in [7, 11) is 0. The Hall–Kier alpha value is -1.07. The second kappa shape index (κ2) is 3.25. The van der Waals surface area contributed by atoms with Gasteiger partial charge in [-0.1, -0.05) is 11.6 Å². The SMILES string of the molecule is O=c1[nH]c(=O)c2c(Cl)ccc(Br)c2[nH]1. The topological polar surface area (TPSA) is 65.7 Å². The minimum absolute atomic E-state index is 0.278. The molecule has 1 aromatic heterocycles. The van der Waals surface area contributed by atoms with E-state index in [9.17, 15) is 9.59 Å². The van der Waals surface area contributed by atoms with Gasteiger partial charge < -0.3 is 4.98 Å². The molecule has 0 amide bonds. The summed E-state index contributed by atoms with van der Waals surface area (Å²) in [6.07, 6.45) is 0. The van der Waals surface area contributed by atoms with Gasteiger partial charge in [0.05, 0.1) is 15.9 Å². The first-order valence-corrected chi connectivity index (χ1v) is 4.87. The first-order valence-electron chi connectivity index (χ1n) is 3.70. The lowest BCUT2D eigenvalue weighted by atomic mass is 10.2. The van der Waals surface area contributed by atoms with Crippen molar-refractivity contribution in [2.45, 2.75) is 0 Å². The number of hydrogen-bond donors (Lipinski definition) is 2. The molecule has 2 N–H and O–H groups in total. The van der Waals surface area contributed by atoms with Crippen LogP contribution in [0.15, 0.2) is 26.2 Å². The molecule has 0 aliphatic heterocycles. The van der Waals surface area contributed by atoms with Crippen molar-refractivity contribution in [3.63, 3.8) is 0 Å². The second-order valence-electron chi connectivity index (χ2n) is 2.69. The highest BCUT2D eigenvalue weighted by atomic mass is 79.9. The first-order chi connectivity index (χ1) is 6.59. The van der Waals surface area contributed by atoms with Crippen molar-refractivity contribution in [2.24, 2.45) is 0 Å². The predicted octanol–water partition coefficient (Wildman–Crippen LogP) is 1.63. The minimum Gasteiger partial charge on any atom is -0.306 e. The molecule has 0 atom stereocenters. The van der Waals surface area contributed by atoms with Crippen molar-refractivity contribution in [2.75, 3.05) is 0 Å². The van der Waals surface area contributed by atoms with Gasteiger partial charge in [0.1, 0.15) is 0 Å². The highest BCUT2D eigenvalue weighted by molar-refractivity contribution is 9.10. The van der Waals surface area contributed by atoms with E-state index in [1.807, 2.05) is 0 Å². The molecule has 2 aromatic rings. The second-order valence-corrected chi connectivity index (χ2v) is 3.95. The molecule has 1 aromatic carbocycles.